The molecule has 2 amide bonds. The molecule has 0 aliphatic carbocycles. The van der Waals surface area contributed by atoms with Crippen LogP contribution in [-0.4, -0.2) is 74.1 Å². The Bertz CT molecular complexity index is 622. The van der Waals surface area contributed by atoms with Crippen molar-refractivity contribution in [2.24, 2.45) is 0 Å². The van der Waals surface area contributed by atoms with Gasteiger partial charge in [0.15, 0.2) is 0 Å². The Kier molecular flexibility index (Phi) is 7.16. The molecule has 1 aromatic carbocycles. The lowest BCUT2D eigenvalue weighted by Crippen LogP contribution is -2.45. The molecule has 1 aromatic rings. The number of urea groups is 1. The lowest BCUT2D eigenvalue weighted by atomic mass is 10.1. The monoisotopic (exact) mass is 347 g/mol. The third-order valence-electron chi connectivity index (χ3n) is 4.52. The van der Waals surface area contributed by atoms with Crippen LogP contribution in [0.2, 0.25) is 0 Å². The number of halogens is 1. The highest BCUT2D eigenvalue weighted by Crippen LogP contribution is 2.10. The Morgan fingerprint density at radius 1 is 1.36 bits per heavy atom. The summed E-state index contributed by atoms with van der Waals surface area (Å²) in [6.45, 7) is 6.02. The lowest BCUT2D eigenvalue weighted by Gasteiger charge is -2.32. The molecule has 0 unspecified atom stereocenters. The number of hydrogen-bond donors (Lipinski definition) is 1. The van der Waals surface area contributed by atoms with Gasteiger partial charge in [0, 0.05) is 51.9 Å². The van der Waals surface area contributed by atoms with E-state index >= 15 is 0 Å². The predicted molar refractivity (Wildman–Crippen MR) is 94.5 cm³/mol. The highest BCUT2D eigenvalue weighted by atomic mass is 19.1. The normalized spacial score (nSPS) is 15.6. The van der Waals surface area contributed by atoms with Crippen LogP contribution in [0.4, 0.5) is 9.18 Å². The molecular weight excluding hydrogens is 321 g/mol. The van der Waals surface area contributed by atoms with E-state index in [1.807, 2.05) is 6.07 Å². The van der Waals surface area contributed by atoms with E-state index in [4.69, 9.17) is 5.26 Å². The zero-order chi connectivity index (χ0) is 18.2. The van der Waals surface area contributed by atoms with Crippen molar-refractivity contribution in [2.45, 2.75) is 13.0 Å². The molecule has 1 aliphatic heterocycles. The second kappa shape index (κ2) is 9.35. The number of hydrogen-bond acceptors (Lipinski definition) is 4. The Morgan fingerprint density at radius 2 is 2.08 bits per heavy atom. The van der Waals surface area contributed by atoms with Gasteiger partial charge in [-0.1, -0.05) is 0 Å². The number of rotatable bonds is 6. The number of nitriles is 1. The first-order valence-corrected chi connectivity index (χ1v) is 8.58. The van der Waals surface area contributed by atoms with Crippen molar-refractivity contribution in [3.8, 4) is 6.07 Å². The molecule has 0 saturated carbocycles. The number of amides is 2. The van der Waals surface area contributed by atoms with Crippen LogP contribution >= 0.6 is 0 Å². The average molecular weight is 347 g/mol. The van der Waals surface area contributed by atoms with Crippen LogP contribution in [0.3, 0.4) is 0 Å². The minimum absolute atomic E-state index is 0.0724. The molecule has 1 saturated heterocycles. The van der Waals surface area contributed by atoms with E-state index in [1.165, 1.54) is 18.2 Å². The third kappa shape index (κ3) is 6.00. The summed E-state index contributed by atoms with van der Waals surface area (Å²) in [6.07, 6.45) is 0.909. The molecule has 136 valence electrons. The highest BCUT2D eigenvalue weighted by Gasteiger charge is 2.14. The molecule has 6 nitrogen and oxygen atoms in total. The number of carbonyl (C=O) groups is 1. The number of piperazine rings is 1. The van der Waals surface area contributed by atoms with Crippen LogP contribution in [0.15, 0.2) is 18.2 Å². The highest BCUT2D eigenvalue weighted by molar-refractivity contribution is 5.73. The zero-order valence-electron chi connectivity index (χ0n) is 15.0. The topological polar surface area (TPSA) is 62.6 Å². The largest absolute Gasteiger partial charge is 0.334 e. The Labute approximate surface area is 148 Å². The van der Waals surface area contributed by atoms with E-state index in [0.29, 0.717) is 17.7 Å². The number of nitrogens with one attached hydrogen (secondary N) is 1. The van der Waals surface area contributed by atoms with E-state index in [9.17, 15) is 9.18 Å². The molecule has 0 bridgehead atoms. The fraction of sp³-hybridized carbons (Fsp3) is 0.556. The fourth-order valence-corrected chi connectivity index (χ4v) is 2.79. The van der Waals surface area contributed by atoms with Crippen LogP contribution in [-0.2, 0) is 6.54 Å². The van der Waals surface area contributed by atoms with E-state index in [1.54, 1.807) is 11.9 Å². The summed E-state index contributed by atoms with van der Waals surface area (Å²) in [5, 5.41) is 11.6. The summed E-state index contributed by atoms with van der Waals surface area (Å²) in [5.74, 6) is -0.419. The summed E-state index contributed by atoms with van der Waals surface area (Å²) in [6, 6.07) is 5.87. The second-order valence-corrected chi connectivity index (χ2v) is 6.50. The Morgan fingerprint density at radius 3 is 2.76 bits per heavy atom. The van der Waals surface area contributed by atoms with E-state index < -0.39 is 5.82 Å². The van der Waals surface area contributed by atoms with Crippen molar-refractivity contribution >= 4 is 6.03 Å². The van der Waals surface area contributed by atoms with Gasteiger partial charge in [-0.15, -0.1) is 0 Å². The molecule has 7 heteroatoms. The van der Waals surface area contributed by atoms with Gasteiger partial charge in [-0.2, -0.15) is 5.26 Å². The number of nitrogens with zero attached hydrogens (tertiary/aromatic N) is 4. The van der Waals surface area contributed by atoms with Crippen LogP contribution < -0.4 is 5.32 Å². The first kappa shape index (κ1) is 19.2. The second-order valence-electron chi connectivity index (χ2n) is 6.50. The van der Waals surface area contributed by atoms with Gasteiger partial charge in [0.25, 0.3) is 0 Å². The average Bonchev–Trinajstić information content (AvgIpc) is 2.62. The molecule has 25 heavy (non-hydrogen) atoms. The summed E-state index contributed by atoms with van der Waals surface area (Å²) >= 11 is 0. The van der Waals surface area contributed by atoms with Gasteiger partial charge in [0.05, 0.1) is 11.6 Å². The van der Waals surface area contributed by atoms with Gasteiger partial charge in [-0.05, 0) is 38.2 Å². The van der Waals surface area contributed by atoms with Gasteiger partial charge in [-0.3, -0.25) is 0 Å². The van der Waals surface area contributed by atoms with Crippen LogP contribution in [0.5, 0.6) is 0 Å². The fourth-order valence-electron chi connectivity index (χ4n) is 2.79. The van der Waals surface area contributed by atoms with Crippen molar-refractivity contribution in [3.05, 3.63) is 35.1 Å². The van der Waals surface area contributed by atoms with E-state index in [-0.39, 0.29) is 12.6 Å². The van der Waals surface area contributed by atoms with Crippen molar-refractivity contribution in [1.82, 2.24) is 20.0 Å². The van der Waals surface area contributed by atoms with Gasteiger partial charge in [-0.25, -0.2) is 9.18 Å². The molecule has 1 fully saturated rings. The molecule has 1 aliphatic rings. The van der Waals surface area contributed by atoms with Gasteiger partial charge < -0.3 is 20.0 Å². The number of benzene rings is 1. The van der Waals surface area contributed by atoms with E-state index in [0.717, 1.165) is 39.1 Å². The summed E-state index contributed by atoms with van der Waals surface area (Å²) in [7, 11) is 3.87. The molecule has 0 spiro atoms. The summed E-state index contributed by atoms with van der Waals surface area (Å²) in [5.41, 5.74) is 0.699. The van der Waals surface area contributed by atoms with Crippen molar-refractivity contribution < 1.29 is 9.18 Å². The molecule has 2 rings (SSSR count). The Hall–Kier alpha value is -2.17. The van der Waals surface area contributed by atoms with E-state index in [2.05, 4.69) is 22.2 Å². The maximum Gasteiger partial charge on any atom is 0.317 e. The minimum atomic E-state index is -0.419. The minimum Gasteiger partial charge on any atom is -0.334 e. The first-order valence-electron chi connectivity index (χ1n) is 8.58. The van der Waals surface area contributed by atoms with Crippen LogP contribution in [0, 0.1) is 17.1 Å². The number of likely N-dealkylation sites (N-methyl/N-ethyl adjacent to an activating group) is 1. The van der Waals surface area contributed by atoms with Crippen LogP contribution in [0.1, 0.15) is 17.5 Å². The van der Waals surface area contributed by atoms with Crippen LogP contribution in [0.25, 0.3) is 0 Å². The van der Waals surface area contributed by atoms with Gasteiger partial charge >= 0.3 is 6.03 Å². The van der Waals surface area contributed by atoms with Crippen molar-refractivity contribution in [1.29, 1.82) is 5.26 Å². The lowest BCUT2D eigenvalue weighted by molar-refractivity contribution is 0.148. The molecule has 1 N–H and O–H groups in total. The summed E-state index contributed by atoms with van der Waals surface area (Å²) < 4.78 is 13.7. The third-order valence-corrected chi connectivity index (χ3v) is 4.52. The van der Waals surface area contributed by atoms with Gasteiger partial charge in [0.2, 0.25) is 0 Å². The maximum absolute atomic E-state index is 13.7. The van der Waals surface area contributed by atoms with Crippen molar-refractivity contribution in [3.63, 3.8) is 0 Å². The molecule has 1 heterocycles. The maximum atomic E-state index is 13.7. The molecule has 0 atom stereocenters. The predicted octanol–water partition coefficient (Wildman–Crippen LogP) is 1.48. The smallest absolute Gasteiger partial charge is 0.317 e. The number of carbonyl (C=O) groups excluding carboxylic acids is 1. The standard InChI is InChI=1S/C18H26FN5O/c1-22-8-10-24(11-9-22)7-3-6-23(2)18(25)21-14-16-12-15(13-20)4-5-17(16)19/h4-5,12H,3,6-11,14H2,1-2H3,(H,21,25). The van der Waals surface area contributed by atoms with Crippen molar-refractivity contribution in [2.75, 3.05) is 53.4 Å². The molecule has 0 radical (unpaired) electrons. The zero-order valence-corrected chi connectivity index (χ0v) is 15.0. The summed E-state index contributed by atoms with van der Waals surface area (Å²) in [4.78, 5) is 18.5. The molecular formula is C18H26FN5O. The molecule has 0 aromatic heterocycles. The Balaban J connectivity index is 1.71. The van der Waals surface area contributed by atoms with Gasteiger partial charge in [0.1, 0.15) is 5.82 Å². The first-order chi connectivity index (χ1) is 12.0. The SMILES string of the molecule is CN1CCN(CCCN(C)C(=O)NCc2cc(C#N)ccc2F)CC1. The quantitative estimate of drug-likeness (QED) is 0.847.